The van der Waals surface area contributed by atoms with Crippen molar-refractivity contribution in [3.05, 3.63) is 162 Å². The Labute approximate surface area is 288 Å². The standard InChI is InChI=1S/C41H34N2O7/c1-49-50-41-38(36-32(44)22-30(23-33(36)45)42(26-14-6-2-7-15-26)27-16-8-3-9-17-27)40(48)39(41)37-34(46)24-31(25-35(37)47)43(28-18-10-4-11-19-28)29-20-12-5-13-21-29/h2-25,38,41,44-48H,1H3. The number of para-hydroxylation sites is 4. The lowest BCUT2D eigenvalue weighted by atomic mass is 9.72. The van der Waals surface area contributed by atoms with Crippen LogP contribution in [0.4, 0.5) is 34.1 Å². The Hall–Kier alpha value is -6.42. The zero-order valence-electron chi connectivity index (χ0n) is 27.0. The van der Waals surface area contributed by atoms with Crippen LogP contribution in [0.1, 0.15) is 17.0 Å². The van der Waals surface area contributed by atoms with Gasteiger partial charge in [0.05, 0.1) is 30.0 Å². The number of anilines is 6. The summed E-state index contributed by atoms with van der Waals surface area (Å²) < 4.78 is 0. The third kappa shape index (κ3) is 5.81. The highest BCUT2D eigenvalue weighted by molar-refractivity contribution is 5.89. The van der Waals surface area contributed by atoms with Crippen molar-refractivity contribution in [3.8, 4) is 23.0 Å². The van der Waals surface area contributed by atoms with E-state index in [9.17, 15) is 25.5 Å². The molecule has 0 aliphatic heterocycles. The summed E-state index contributed by atoms with van der Waals surface area (Å²) in [5.41, 5.74) is 4.09. The molecule has 7 rings (SSSR count). The summed E-state index contributed by atoms with van der Waals surface area (Å²) in [4.78, 5) is 14.3. The van der Waals surface area contributed by atoms with Gasteiger partial charge in [0.25, 0.3) is 0 Å². The van der Waals surface area contributed by atoms with Gasteiger partial charge in [0.1, 0.15) is 34.9 Å². The first kappa shape index (κ1) is 32.1. The Kier molecular flexibility index (Phi) is 8.74. The van der Waals surface area contributed by atoms with Gasteiger partial charge in [-0.15, -0.1) is 0 Å². The Morgan fingerprint density at radius 3 is 1.14 bits per heavy atom. The van der Waals surface area contributed by atoms with Crippen molar-refractivity contribution in [2.75, 3.05) is 16.9 Å². The highest BCUT2D eigenvalue weighted by atomic mass is 17.2. The van der Waals surface area contributed by atoms with Crippen LogP contribution in [-0.2, 0) is 9.78 Å². The predicted octanol–water partition coefficient (Wildman–Crippen LogP) is 9.46. The molecule has 50 heavy (non-hydrogen) atoms. The van der Waals surface area contributed by atoms with Gasteiger partial charge in [0.2, 0.25) is 0 Å². The van der Waals surface area contributed by atoms with Gasteiger partial charge in [-0.1, -0.05) is 72.8 Å². The lowest BCUT2D eigenvalue weighted by Crippen LogP contribution is -2.36. The average molecular weight is 667 g/mol. The van der Waals surface area contributed by atoms with Crippen LogP contribution in [0.15, 0.2) is 151 Å². The van der Waals surface area contributed by atoms with E-state index in [-0.39, 0.29) is 45.5 Å². The molecule has 9 nitrogen and oxygen atoms in total. The van der Waals surface area contributed by atoms with Crippen LogP contribution in [0.2, 0.25) is 0 Å². The first-order valence-electron chi connectivity index (χ1n) is 15.9. The van der Waals surface area contributed by atoms with E-state index in [2.05, 4.69) is 0 Å². The van der Waals surface area contributed by atoms with Crippen LogP contribution in [0, 0.1) is 0 Å². The molecule has 2 atom stereocenters. The molecule has 0 fully saturated rings. The molecule has 0 amide bonds. The highest BCUT2D eigenvalue weighted by Crippen LogP contribution is 2.57. The fraction of sp³-hybridized carbons (Fsp3) is 0.0732. The molecule has 6 aromatic rings. The summed E-state index contributed by atoms with van der Waals surface area (Å²) in [6.07, 6.45) is -1.12. The van der Waals surface area contributed by atoms with E-state index < -0.39 is 12.0 Å². The zero-order chi connectivity index (χ0) is 34.8. The van der Waals surface area contributed by atoms with Crippen LogP contribution in [0.25, 0.3) is 5.57 Å². The number of aromatic hydroxyl groups is 4. The van der Waals surface area contributed by atoms with Gasteiger partial charge in [-0.25, -0.2) is 9.78 Å². The summed E-state index contributed by atoms with van der Waals surface area (Å²) in [6.45, 7) is 0. The first-order valence-corrected chi connectivity index (χ1v) is 15.9. The molecule has 2 unspecified atom stereocenters. The van der Waals surface area contributed by atoms with Crippen molar-refractivity contribution in [2.24, 2.45) is 0 Å². The normalized spacial score (nSPS) is 15.4. The molecule has 0 saturated carbocycles. The van der Waals surface area contributed by atoms with E-state index in [1.54, 1.807) is 0 Å². The number of hydrogen-bond acceptors (Lipinski definition) is 9. The number of hydrogen-bond donors (Lipinski definition) is 5. The number of phenolic OH excluding ortho intramolecular Hbond substituents is 4. The van der Waals surface area contributed by atoms with Gasteiger partial charge in [-0.2, -0.15) is 0 Å². The quantitative estimate of drug-likeness (QED) is 0.0718. The zero-order valence-corrected chi connectivity index (χ0v) is 27.0. The second-order valence-corrected chi connectivity index (χ2v) is 11.7. The first-order chi connectivity index (χ1) is 24.4. The topological polar surface area (TPSA) is 126 Å². The Morgan fingerprint density at radius 1 is 0.460 bits per heavy atom. The second-order valence-electron chi connectivity index (χ2n) is 11.7. The van der Waals surface area contributed by atoms with Crippen LogP contribution in [0.3, 0.4) is 0 Å². The lowest BCUT2D eigenvalue weighted by Gasteiger charge is -2.38. The van der Waals surface area contributed by atoms with Crippen molar-refractivity contribution >= 4 is 39.7 Å². The molecule has 0 aromatic heterocycles. The molecule has 6 aromatic carbocycles. The van der Waals surface area contributed by atoms with E-state index in [1.807, 2.05) is 131 Å². The number of phenols is 4. The van der Waals surface area contributed by atoms with Crippen molar-refractivity contribution < 1.29 is 35.3 Å². The maximum Gasteiger partial charge on any atom is 0.136 e. The molecule has 0 heterocycles. The molecule has 250 valence electrons. The van der Waals surface area contributed by atoms with E-state index in [0.29, 0.717) is 11.4 Å². The van der Waals surface area contributed by atoms with Gasteiger partial charge < -0.3 is 35.3 Å². The van der Waals surface area contributed by atoms with E-state index >= 15 is 0 Å². The second kappa shape index (κ2) is 13.6. The van der Waals surface area contributed by atoms with E-state index in [1.165, 1.54) is 31.4 Å². The molecule has 1 aliphatic rings. The molecule has 0 radical (unpaired) electrons. The van der Waals surface area contributed by atoms with Gasteiger partial charge in [-0.05, 0) is 48.5 Å². The minimum atomic E-state index is -1.12. The van der Waals surface area contributed by atoms with Crippen molar-refractivity contribution in [3.63, 3.8) is 0 Å². The van der Waals surface area contributed by atoms with Crippen molar-refractivity contribution in [1.82, 2.24) is 0 Å². The number of nitrogens with zero attached hydrogens (tertiary/aromatic N) is 2. The van der Waals surface area contributed by atoms with Gasteiger partial charge in [0, 0.05) is 58.2 Å². The number of aliphatic hydroxyl groups is 1. The Bertz CT molecular complexity index is 2020. The summed E-state index contributed by atoms with van der Waals surface area (Å²) in [6, 6.07) is 44.0. The van der Waals surface area contributed by atoms with Gasteiger partial charge in [0.15, 0.2) is 0 Å². The van der Waals surface area contributed by atoms with Gasteiger partial charge in [-0.3, -0.25) is 0 Å². The minimum Gasteiger partial charge on any atom is -0.511 e. The van der Waals surface area contributed by atoms with Crippen LogP contribution < -0.4 is 9.80 Å². The molecule has 0 bridgehead atoms. The summed E-state index contributed by atoms with van der Waals surface area (Å²) >= 11 is 0. The predicted molar refractivity (Wildman–Crippen MR) is 193 cm³/mol. The highest BCUT2D eigenvalue weighted by Gasteiger charge is 2.49. The molecule has 0 saturated heterocycles. The smallest absolute Gasteiger partial charge is 0.136 e. The minimum absolute atomic E-state index is 0.00643. The van der Waals surface area contributed by atoms with Crippen LogP contribution in [-0.4, -0.2) is 38.7 Å². The van der Waals surface area contributed by atoms with Crippen molar-refractivity contribution in [2.45, 2.75) is 12.0 Å². The number of benzene rings is 6. The maximum absolute atomic E-state index is 11.5. The molecular formula is C41H34N2O7. The van der Waals surface area contributed by atoms with Crippen molar-refractivity contribution in [1.29, 1.82) is 0 Å². The van der Waals surface area contributed by atoms with E-state index in [4.69, 9.17) is 9.78 Å². The summed E-state index contributed by atoms with van der Waals surface area (Å²) in [5, 5.41) is 57.1. The monoisotopic (exact) mass is 666 g/mol. The van der Waals surface area contributed by atoms with Gasteiger partial charge >= 0.3 is 0 Å². The SMILES string of the molecule is COOC1C(c2c(O)cc(N(c3ccccc3)c3ccccc3)cc2O)=C(O)C1c1c(O)cc(N(c2ccccc2)c2ccccc2)cc1O. The molecule has 0 spiro atoms. The summed E-state index contributed by atoms with van der Waals surface area (Å²) in [5.74, 6) is -2.68. The molecule has 1 aliphatic carbocycles. The molecular weight excluding hydrogens is 632 g/mol. The lowest BCUT2D eigenvalue weighted by molar-refractivity contribution is -0.298. The fourth-order valence-corrected chi connectivity index (χ4v) is 6.55. The third-order valence-corrected chi connectivity index (χ3v) is 8.71. The molecule has 9 heteroatoms. The largest absolute Gasteiger partial charge is 0.511 e. The van der Waals surface area contributed by atoms with E-state index in [0.717, 1.165) is 22.7 Å². The number of aliphatic hydroxyl groups excluding tert-OH is 1. The number of rotatable bonds is 10. The fourth-order valence-electron chi connectivity index (χ4n) is 6.55. The maximum atomic E-state index is 11.5. The van der Waals surface area contributed by atoms with Crippen LogP contribution in [0.5, 0.6) is 23.0 Å². The third-order valence-electron chi connectivity index (χ3n) is 8.71. The summed E-state index contributed by atoms with van der Waals surface area (Å²) in [7, 11) is 1.28. The van der Waals surface area contributed by atoms with Crippen LogP contribution >= 0.6 is 0 Å². The molecule has 5 N–H and O–H groups in total. The Balaban J connectivity index is 1.29. The average Bonchev–Trinajstić information content (AvgIpc) is 3.13. The Morgan fingerprint density at radius 2 is 0.800 bits per heavy atom.